The van der Waals surface area contributed by atoms with E-state index in [0.717, 1.165) is 25.7 Å². The summed E-state index contributed by atoms with van der Waals surface area (Å²) in [6, 6.07) is 17.3. The normalized spacial score (nSPS) is 13.3. The van der Waals surface area contributed by atoms with E-state index in [0.29, 0.717) is 0 Å². The third-order valence-electron chi connectivity index (χ3n) is 4.90. The highest BCUT2D eigenvalue weighted by Crippen LogP contribution is 2.35. The highest BCUT2D eigenvalue weighted by Gasteiger charge is 2.30. The number of carboxylic acid groups (broad SMARTS) is 1. The average molecular weight is 338 g/mol. The summed E-state index contributed by atoms with van der Waals surface area (Å²) >= 11 is 0. The summed E-state index contributed by atoms with van der Waals surface area (Å²) in [6.07, 6.45) is 3.98. The summed E-state index contributed by atoms with van der Waals surface area (Å²) in [4.78, 5) is 10.9. The van der Waals surface area contributed by atoms with Crippen LogP contribution in [0.4, 0.5) is 0 Å². The number of hydrogen-bond acceptors (Lipinski definition) is 1. The molecule has 0 heterocycles. The lowest BCUT2D eigenvalue weighted by atomic mass is 9.78. The Bertz CT molecular complexity index is 667. The quantitative estimate of drug-likeness (QED) is 0.616. The van der Waals surface area contributed by atoms with E-state index >= 15 is 0 Å². The smallest absolute Gasteiger partial charge is 0.307 e. The van der Waals surface area contributed by atoms with Gasteiger partial charge in [0, 0.05) is 0 Å². The Morgan fingerprint density at radius 2 is 1.48 bits per heavy atom. The molecule has 0 aliphatic heterocycles. The Hall–Kier alpha value is -2.09. The van der Waals surface area contributed by atoms with Gasteiger partial charge in [-0.25, -0.2) is 0 Å². The fourth-order valence-corrected chi connectivity index (χ4v) is 3.41. The first-order valence-corrected chi connectivity index (χ1v) is 9.23. The lowest BCUT2D eigenvalue weighted by Crippen LogP contribution is -2.28. The number of fused-ring (bicyclic) bond motifs is 3. The molecule has 1 aliphatic carbocycles. The second-order valence-corrected chi connectivity index (χ2v) is 7.89. The fraction of sp³-hybridized carbons (Fsp3) is 0.435. The average Bonchev–Trinajstić information content (AvgIpc) is 2.93. The number of aliphatic carboxylic acids is 1. The van der Waals surface area contributed by atoms with Crippen LogP contribution in [0.2, 0.25) is 0 Å². The van der Waals surface area contributed by atoms with Gasteiger partial charge in [-0.2, -0.15) is 0 Å². The Labute approximate surface area is 151 Å². The van der Waals surface area contributed by atoms with Crippen LogP contribution in [0.5, 0.6) is 0 Å². The second-order valence-electron chi connectivity index (χ2n) is 7.89. The summed E-state index contributed by atoms with van der Waals surface area (Å²) in [5, 5.41) is 8.94. The van der Waals surface area contributed by atoms with Gasteiger partial charge in [-0.15, -0.1) is 0 Å². The number of carboxylic acids is 1. The third kappa shape index (κ3) is 4.94. The van der Waals surface area contributed by atoms with E-state index in [1.165, 1.54) is 22.3 Å². The maximum absolute atomic E-state index is 10.9. The predicted octanol–water partition coefficient (Wildman–Crippen LogP) is 6.18. The van der Waals surface area contributed by atoms with Gasteiger partial charge in [0.2, 0.25) is 0 Å². The maximum Gasteiger partial charge on any atom is 0.307 e. The van der Waals surface area contributed by atoms with Crippen molar-refractivity contribution >= 4 is 5.97 Å². The van der Waals surface area contributed by atoms with E-state index in [1.54, 1.807) is 0 Å². The fourth-order valence-electron chi connectivity index (χ4n) is 3.41. The molecule has 2 heteroatoms. The minimum Gasteiger partial charge on any atom is -0.481 e. The van der Waals surface area contributed by atoms with Crippen molar-refractivity contribution < 1.29 is 9.90 Å². The van der Waals surface area contributed by atoms with Crippen LogP contribution in [0.15, 0.2) is 48.5 Å². The van der Waals surface area contributed by atoms with Gasteiger partial charge in [-0.05, 0) is 40.5 Å². The molecule has 134 valence electrons. The van der Waals surface area contributed by atoms with Gasteiger partial charge in [0.1, 0.15) is 0 Å². The van der Waals surface area contributed by atoms with Crippen LogP contribution in [0.25, 0.3) is 11.1 Å². The van der Waals surface area contributed by atoms with Crippen molar-refractivity contribution in [3.05, 3.63) is 59.7 Å². The summed E-state index contributed by atoms with van der Waals surface area (Å²) in [6.45, 7) is 8.05. The monoisotopic (exact) mass is 338 g/mol. The van der Waals surface area contributed by atoms with E-state index in [4.69, 9.17) is 5.11 Å². The lowest BCUT2D eigenvalue weighted by molar-refractivity contribution is -0.145. The molecule has 0 radical (unpaired) electrons. The molecule has 1 unspecified atom stereocenters. The van der Waals surface area contributed by atoms with Crippen molar-refractivity contribution in [1.82, 2.24) is 0 Å². The van der Waals surface area contributed by atoms with Crippen LogP contribution in [0, 0.1) is 11.3 Å². The van der Waals surface area contributed by atoms with Gasteiger partial charge in [-0.3, -0.25) is 4.79 Å². The van der Waals surface area contributed by atoms with Crippen LogP contribution < -0.4 is 0 Å². The van der Waals surface area contributed by atoms with E-state index in [-0.39, 0.29) is 11.3 Å². The maximum atomic E-state index is 10.9. The first-order valence-electron chi connectivity index (χ1n) is 9.23. The zero-order chi connectivity index (χ0) is 18.4. The molecule has 2 nitrogen and oxygen atoms in total. The van der Waals surface area contributed by atoms with Crippen molar-refractivity contribution in [3.8, 4) is 11.1 Å². The Balaban J connectivity index is 0.000000182. The van der Waals surface area contributed by atoms with Gasteiger partial charge in [0.15, 0.2) is 0 Å². The Kier molecular flexibility index (Phi) is 6.41. The summed E-state index contributed by atoms with van der Waals surface area (Å²) in [7, 11) is 0. The molecule has 25 heavy (non-hydrogen) atoms. The molecule has 0 fully saturated rings. The highest BCUT2D eigenvalue weighted by atomic mass is 16.4. The van der Waals surface area contributed by atoms with Gasteiger partial charge in [0.25, 0.3) is 0 Å². The van der Waals surface area contributed by atoms with Crippen molar-refractivity contribution in [1.29, 1.82) is 0 Å². The van der Waals surface area contributed by atoms with Crippen molar-refractivity contribution in [3.63, 3.8) is 0 Å². The van der Waals surface area contributed by atoms with Crippen LogP contribution in [-0.4, -0.2) is 11.1 Å². The molecule has 1 N–H and O–H groups in total. The molecule has 0 bridgehead atoms. The summed E-state index contributed by atoms with van der Waals surface area (Å²) in [5.41, 5.74) is 5.64. The number of benzene rings is 2. The first-order chi connectivity index (χ1) is 11.8. The molecule has 3 rings (SSSR count). The minimum absolute atomic E-state index is 0.110. The summed E-state index contributed by atoms with van der Waals surface area (Å²) < 4.78 is 0. The van der Waals surface area contributed by atoms with E-state index in [2.05, 4.69) is 55.5 Å². The molecule has 0 amide bonds. The van der Waals surface area contributed by atoms with Crippen molar-refractivity contribution in [2.45, 2.75) is 53.4 Å². The van der Waals surface area contributed by atoms with E-state index in [9.17, 15) is 4.79 Å². The molecular formula is C23H30O2. The van der Waals surface area contributed by atoms with Crippen LogP contribution in [0.3, 0.4) is 0 Å². The molecule has 2 aromatic carbocycles. The van der Waals surface area contributed by atoms with Crippen molar-refractivity contribution in [2.24, 2.45) is 11.3 Å². The van der Waals surface area contributed by atoms with E-state index in [1.807, 2.05) is 20.8 Å². The molecule has 0 aromatic heterocycles. The second kappa shape index (κ2) is 8.33. The van der Waals surface area contributed by atoms with Gasteiger partial charge in [-0.1, -0.05) is 89.1 Å². The Morgan fingerprint density at radius 3 is 1.88 bits per heavy atom. The molecular weight excluding hydrogens is 308 g/mol. The zero-order valence-electron chi connectivity index (χ0n) is 15.9. The zero-order valence-corrected chi connectivity index (χ0v) is 15.9. The molecule has 1 atom stereocenters. The topological polar surface area (TPSA) is 37.3 Å². The third-order valence-corrected chi connectivity index (χ3v) is 4.90. The SMILES string of the molecule is CCCCC(C(=O)O)C(C)(C)C.c1ccc2c(c1)Cc1ccccc1-2. The van der Waals surface area contributed by atoms with Crippen molar-refractivity contribution in [2.75, 3.05) is 0 Å². The number of carbonyl (C=O) groups is 1. The molecule has 0 saturated heterocycles. The number of rotatable bonds is 4. The standard InChI is InChI=1S/C13H10.C10H20O2/c1-3-7-12-10(5-1)9-11-6-2-4-8-13(11)12;1-5-6-7-8(9(11)12)10(2,3)4/h1-8H,9H2;8H,5-7H2,1-4H3,(H,11,12). The molecule has 0 saturated carbocycles. The molecule has 1 aliphatic rings. The van der Waals surface area contributed by atoms with Gasteiger partial charge >= 0.3 is 5.97 Å². The van der Waals surface area contributed by atoms with Gasteiger partial charge in [0.05, 0.1) is 5.92 Å². The number of unbranched alkanes of at least 4 members (excludes halogenated alkanes) is 1. The van der Waals surface area contributed by atoms with Crippen LogP contribution in [0.1, 0.15) is 58.1 Å². The number of hydrogen-bond donors (Lipinski definition) is 1. The first kappa shape index (κ1) is 19.2. The minimum atomic E-state index is -0.657. The predicted molar refractivity (Wildman–Crippen MR) is 105 cm³/mol. The highest BCUT2D eigenvalue weighted by molar-refractivity contribution is 5.76. The van der Waals surface area contributed by atoms with Crippen LogP contribution >= 0.6 is 0 Å². The van der Waals surface area contributed by atoms with Gasteiger partial charge < -0.3 is 5.11 Å². The molecule has 2 aromatic rings. The lowest BCUT2D eigenvalue weighted by Gasteiger charge is -2.26. The van der Waals surface area contributed by atoms with E-state index < -0.39 is 5.97 Å². The molecule has 0 spiro atoms. The largest absolute Gasteiger partial charge is 0.481 e. The Morgan fingerprint density at radius 1 is 1.00 bits per heavy atom. The van der Waals surface area contributed by atoms with Crippen LogP contribution in [-0.2, 0) is 11.2 Å². The summed E-state index contributed by atoms with van der Waals surface area (Å²) in [5.74, 6) is -0.853.